The third-order valence-electron chi connectivity index (χ3n) is 4.81. The molecule has 1 aromatic carbocycles. The van der Waals surface area contributed by atoms with Crippen LogP contribution < -0.4 is 14.8 Å². The summed E-state index contributed by atoms with van der Waals surface area (Å²) in [5.41, 5.74) is 1.10. The van der Waals surface area contributed by atoms with Gasteiger partial charge in [-0.05, 0) is 51.1 Å². The van der Waals surface area contributed by atoms with Gasteiger partial charge in [0.05, 0.1) is 20.3 Å². The van der Waals surface area contributed by atoms with E-state index in [0.29, 0.717) is 0 Å². The highest BCUT2D eigenvalue weighted by molar-refractivity contribution is 5.46. The molecule has 5 nitrogen and oxygen atoms in total. The van der Waals surface area contributed by atoms with Gasteiger partial charge in [0.25, 0.3) is 0 Å². The third kappa shape index (κ3) is 4.17. The van der Waals surface area contributed by atoms with Crippen molar-refractivity contribution in [2.45, 2.75) is 32.4 Å². The highest BCUT2D eigenvalue weighted by Gasteiger charge is 2.25. The number of nitrogens with zero attached hydrogens (tertiary/aromatic N) is 1. The van der Waals surface area contributed by atoms with Crippen molar-refractivity contribution in [1.82, 2.24) is 10.2 Å². The van der Waals surface area contributed by atoms with Gasteiger partial charge in [-0.2, -0.15) is 0 Å². The molecule has 0 aliphatic carbocycles. The van der Waals surface area contributed by atoms with Gasteiger partial charge in [-0.15, -0.1) is 0 Å². The lowest BCUT2D eigenvalue weighted by molar-refractivity contribution is 0.207. The second-order valence-corrected chi connectivity index (χ2v) is 6.49. The Morgan fingerprint density at radius 1 is 1.12 bits per heavy atom. The molecule has 1 aliphatic rings. The average Bonchev–Trinajstić information content (AvgIpc) is 3.30. The van der Waals surface area contributed by atoms with Gasteiger partial charge in [-0.3, -0.25) is 4.90 Å². The fraction of sp³-hybridized carbons (Fsp3) is 0.500. The lowest BCUT2D eigenvalue weighted by atomic mass is 10.1. The molecule has 136 valence electrons. The SMILES string of the molecule is COc1cccc(CNCC(c2ccc(C)o2)N2CCCC2)c1OC. The fourth-order valence-corrected chi connectivity index (χ4v) is 3.53. The van der Waals surface area contributed by atoms with Gasteiger partial charge in [0.2, 0.25) is 0 Å². The molecule has 1 aromatic heterocycles. The number of furan rings is 1. The summed E-state index contributed by atoms with van der Waals surface area (Å²) in [4.78, 5) is 2.51. The Kier molecular flexibility index (Phi) is 6.00. The summed E-state index contributed by atoms with van der Waals surface area (Å²) in [6, 6.07) is 10.4. The van der Waals surface area contributed by atoms with E-state index >= 15 is 0 Å². The van der Waals surface area contributed by atoms with Crippen LogP contribution in [0, 0.1) is 6.92 Å². The van der Waals surface area contributed by atoms with E-state index in [2.05, 4.69) is 22.3 Å². The maximum Gasteiger partial charge on any atom is 0.165 e. The zero-order valence-corrected chi connectivity index (χ0v) is 15.4. The number of nitrogens with one attached hydrogen (secondary N) is 1. The molecule has 25 heavy (non-hydrogen) atoms. The summed E-state index contributed by atoms with van der Waals surface area (Å²) in [6.45, 7) is 5.83. The van der Waals surface area contributed by atoms with Crippen LogP contribution in [0.15, 0.2) is 34.7 Å². The molecular formula is C20H28N2O3. The first kappa shape index (κ1) is 17.8. The molecule has 0 spiro atoms. The first-order valence-corrected chi connectivity index (χ1v) is 8.94. The monoisotopic (exact) mass is 344 g/mol. The van der Waals surface area contributed by atoms with Gasteiger partial charge in [0.1, 0.15) is 11.5 Å². The summed E-state index contributed by atoms with van der Waals surface area (Å²) in [5.74, 6) is 3.57. The highest BCUT2D eigenvalue weighted by atomic mass is 16.5. The van der Waals surface area contributed by atoms with E-state index in [9.17, 15) is 0 Å². The molecule has 0 bridgehead atoms. The van der Waals surface area contributed by atoms with Crippen LogP contribution in [-0.2, 0) is 6.54 Å². The number of ether oxygens (including phenoxy) is 2. The van der Waals surface area contributed by atoms with Crippen LogP contribution in [0.5, 0.6) is 11.5 Å². The van der Waals surface area contributed by atoms with Crippen molar-refractivity contribution in [2.75, 3.05) is 33.9 Å². The van der Waals surface area contributed by atoms with Crippen molar-refractivity contribution < 1.29 is 13.9 Å². The number of benzene rings is 1. The van der Waals surface area contributed by atoms with Crippen molar-refractivity contribution >= 4 is 0 Å². The fourth-order valence-electron chi connectivity index (χ4n) is 3.53. The molecule has 2 heterocycles. The Balaban J connectivity index is 1.68. The molecule has 0 saturated carbocycles. The summed E-state index contributed by atoms with van der Waals surface area (Å²) < 4.78 is 16.8. The van der Waals surface area contributed by atoms with E-state index in [0.717, 1.165) is 54.8 Å². The van der Waals surface area contributed by atoms with Crippen molar-refractivity contribution in [3.63, 3.8) is 0 Å². The van der Waals surface area contributed by atoms with Crippen molar-refractivity contribution in [3.05, 3.63) is 47.4 Å². The second-order valence-electron chi connectivity index (χ2n) is 6.49. The molecular weight excluding hydrogens is 316 g/mol. The summed E-state index contributed by atoms with van der Waals surface area (Å²) in [7, 11) is 3.34. The van der Waals surface area contributed by atoms with Crippen LogP contribution >= 0.6 is 0 Å². The van der Waals surface area contributed by atoms with Gasteiger partial charge in [0, 0.05) is 18.7 Å². The number of rotatable bonds is 8. The van der Waals surface area contributed by atoms with Gasteiger partial charge in [0.15, 0.2) is 11.5 Å². The number of aryl methyl sites for hydroxylation is 1. The largest absolute Gasteiger partial charge is 0.493 e. The van der Waals surface area contributed by atoms with Crippen LogP contribution in [0.4, 0.5) is 0 Å². The average molecular weight is 344 g/mol. The second kappa shape index (κ2) is 8.41. The molecule has 1 unspecified atom stereocenters. The molecule has 5 heteroatoms. The number of para-hydroxylation sites is 1. The van der Waals surface area contributed by atoms with Crippen molar-refractivity contribution in [3.8, 4) is 11.5 Å². The zero-order valence-electron chi connectivity index (χ0n) is 15.4. The van der Waals surface area contributed by atoms with Crippen LogP contribution in [0.25, 0.3) is 0 Å². The predicted molar refractivity (Wildman–Crippen MR) is 98.2 cm³/mol. The maximum absolute atomic E-state index is 5.92. The standard InChI is InChI=1S/C20H28N2O3/c1-15-9-10-18(25-15)17(22-11-4-5-12-22)14-21-13-16-7-6-8-19(23-2)20(16)24-3/h6-10,17,21H,4-5,11-14H2,1-3H3. The Morgan fingerprint density at radius 2 is 1.92 bits per heavy atom. The summed E-state index contributed by atoms with van der Waals surface area (Å²) >= 11 is 0. The molecule has 1 aliphatic heterocycles. The van der Waals surface area contributed by atoms with Crippen molar-refractivity contribution in [2.24, 2.45) is 0 Å². The van der Waals surface area contributed by atoms with Crippen LogP contribution in [0.2, 0.25) is 0 Å². The van der Waals surface area contributed by atoms with Gasteiger partial charge in [-0.1, -0.05) is 12.1 Å². The number of likely N-dealkylation sites (tertiary alicyclic amines) is 1. The Labute approximate surface area is 149 Å². The minimum Gasteiger partial charge on any atom is -0.493 e. The Bertz CT molecular complexity index is 677. The first-order valence-electron chi connectivity index (χ1n) is 8.94. The molecule has 1 N–H and O–H groups in total. The van der Waals surface area contributed by atoms with Gasteiger partial charge >= 0.3 is 0 Å². The van der Waals surface area contributed by atoms with Crippen LogP contribution in [0.1, 0.15) is 36.0 Å². The lowest BCUT2D eigenvalue weighted by Gasteiger charge is -2.26. The Hall–Kier alpha value is -1.98. The number of hydrogen-bond donors (Lipinski definition) is 1. The van der Waals surface area contributed by atoms with E-state index in [-0.39, 0.29) is 6.04 Å². The summed E-state index contributed by atoms with van der Waals surface area (Å²) in [5, 5.41) is 3.58. The molecule has 3 rings (SSSR count). The minimum atomic E-state index is 0.271. The van der Waals surface area contributed by atoms with Gasteiger partial charge in [-0.25, -0.2) is 0 Å². The molecule has 1 atom stereocenters. The summed E-state index contributed by atoms with van der Waals surface area (Å²) in [6.07, 6.45) is 2.53. The molecule has 1 saturated heterocycles. The number of methoxy groups -OCH3 is 2. The van der Waals surface area contributed by atoms with E-state index in [1.54, 1.807) is 14.2 Å². The smallest absolute Gasteiger partial charge is 0.165 e. The predicted octanol–water partition coefficient (Wildman–Crippen LogP) is 3.53. The van der Waals surface area contributed by atoms with Crippen molar-refractivity contribution in [1.29, 1.82) is 0 Å². The molecule has 1 fully saturated rings. The molecule has 0 amide bonds. The van der Waals surface area contributed by atoms with Crippen LogP contribution in [0.3, 0.4) is 0 Å². The van der Waals surface area contributed by atoms with Crippen LogP contribution in [-0.4, -0.2) is 38.8 Å². The Morgan fingerprint density at radius 3 is 2.56 bits per heavy atom. The maximum atomic E-state index is 5.92. The van der Waals surface area contributed by atoms with E-state index in [1.807, 2.05) is 25.1 Å². The minimum absolute atomic E-state index is 0.271. The van der Waals surface area contributed by atoms with E-state index in [1.165, 1.54) is 12.8 Å². The normalized spacial score (nSPS) is 16.1. The zero-order chi connectivity index (χ0) is 17.6. The van der Waals surface area contributed by atoms with Gasteiger partial charge < -0.3 is 19.2 Å². The quantitative estimate of drug-likeness (QED) is 0.794. The topological polar surface area (TPSA) is 46.9 Å². The first-order chi connectivity index (χ1) is 12.2. The molecule has 2 aromatic rings. The van der Waals surface area contributed by atoms with E-state index < -0.39 is 0 Å². The highest BCUT2D eigenvalue weighted by Crippen LogP contribution is 2.31. The van der Waals surface area contributed by atoms with E-state index in [4.69, 9.17) is 13.9 Å². The lowest BCUT2D eigenvalue weighted by Crippen LogP contribution is -2.33. The number of hydrogen-bond acceptors (Lipinski definition) is 5. The third-order valence-corrected chi connectivity index (χ3v) is 4.81. The molecule has 0 radical (unpaired) electrons.